The highest BCUT2D eigenvalue weighted by Crippen LogP contribution is 2.49. The van der Waals surface area contributed by atoms with Crippen molar-refractivity contribution in [2.45, 2.75) is 6.42 Å². The average Bonchev–Trinajstić information content (AvgIpc) is 1.55. The van der Waals surface area contributed by atoms with E-state index in [1.54, 1.807) is 0 Å². The van der Waals surface area contributed by atoms with Crippen LogP contribution in [0.4, 0.5) is 0 Å². The molecule has 0 aliphatic rings. The fourth-order valence-electron chi connectivity index (χ4n) is 0.882. The monoisotopic (exact) mass is 290 g/mol. The zero-order valence-corrected chi connectivity index (χ0v) is 11.3. The fourth-order valence-corrected chi connectivity index (χ4v) is 2.63. The van der Waals surface area contributed by atoms with Gasteiger partial charge in [0.1, 0.15) is 0 Å². The standard InChI is InChI=1S/C8H21INS/c1-10(2,3)7-6-8-11(4,5)9/h6-8H2,1-5H3/q+1. The molecule has 0 atom stereocenters. The van der Waals surface area contributed by atoms with Crippen LogP contribution in [-0.4, -0.2) is 50.4 Å². The molecular weight excluding hydrogens is 269 g/mol. The first-order chi connectivity index (χ1) is 4.71. The summed E-state index contributed by atoms with van der Waals surface area (Å²) in [4.78, 5) is 0. The first-order valence-electron chi connectivity index (χ1n) is 3.92. The van der Waals surface area contributed by atoms with Gasteiger partial charge in [-0.25, -0.2) is 0 Å². The molecule has 3 heteroatoms. The number of rotatable bonds is 4. The molecule has 0 aromatic carbocycles. The van der Waals surface area contributed by atoms with E-state index in [-0.39, 0.29) is 7.20 Å². The molecule has 0 bridgehead atoms. The molecule has 0 aliphatic heterocycles. The molecule has 0 aromatic rings. The Balaban J connectivity index is 3.44. The number of quaternary nitrogens is 1. The van der Waals surface area contributed by atoms with Gasteiger partial charge in [0, 0.05) is 6.42 Å². The van der Waals surface area contributed by atoms with Crippen molar-refractivity contribution in [3.05, 3.63) is 0 Å². The Morgan fingerprint density at radius 2 is 1.64 bits per heavy atom. The summed E-state index contributed by atoms with van der Waals surface area (Å²) in [5.41, 5.74) is 0. The number of halogens is 1. The minimum absolute atomic E-state index is 0.287. The highest BCUT2D eigenvalue weighted by Gasteiger charge is 2.10. The van der Waals surface area contributed by atoms with Crippen LogP contribution < -0.4 is 0 Å². The quantitative estimate of drug-likeness (QED) is 0.551. The van der Waals surface area contributed by atoms with Crippen LogP contribution in [0.1, 0.15) is 6.42 Å². The van der Waals surface area contributed by atoms with Gasteiger partial charge in [-0.3, -0.25) is 0 Å². The SMILES string of the molecule is C[N+](C)(C)CCCS(C)(C)I. The highest BCUT2D eigenvalue weighted by atomic mass is 127. The van der Waals surface area contributed by atoms with Crippen molar-refractivity contribution in [1.82, 2.24) is 0 Å². The van der Waals surface area contributed by atoms with Gasteiger partial charge in [0.2, 0.25) is 0 Å². The molecule has 0 rings (SSSR count). The molecule has 0 unspecified atom stereocenters. The van der Waals surface area contributed by atoms with Crippen molar-refractivity contribution in [3.8, 4) is 0 Å². The van der Waals surface area contributed by atoms with Crippen molar-refractivity contribution < 1.29 is 4.48 Å². The predicted octanol–water partition coefficient (Wildman–Crippen LogP) is 2.50. The van der Waals surface area contributed by atoms with E-state index in [0.29, 0.717) is 0 Å². The van der Waals surface area contributed by atoms with Gasteiger partial charge in [-0.1, -0.05) is 0 Å². The summed E-state index contributed by atoms with van der Waals surface area (Å²) in [5, 5.41) is 0. The molecule has 1 nitrogen and oxygen atoms in total. The smallest absolute Gasteiger partial charge is 0.0788 e. The van der Waals surface area contributed by atoms with Crippen molar-refractivity contribution in [2.24, 2.45) is 0 Å². The third-order valence-electron chi connectivity index (χ3n) is 1.46. The number of hydrogen-bond acceptors (Lipinski definition) is 0. The molecule has 0 heterocycles. The van der Waals surface area contributed by atoms with Crippen LogP contribution in [0.3, 0.4) is 0 Å². The second-order valence-corrected chi connectivity index (χ2v) is 14.8. The summed E-state index contributed by atoms with van der Waals surface area (Å²) in [6, 6.07) is 0. The van der Waals surface area contributed by atoms with Gasteiger partial charge in [-0.2, -0.15) is 7.20 Å². The topological polar surface area (TPSA) is 0 Å². The second kappa shape index (κ2) is 4.33. The van der Waals surface area contributed by atoms with E-state index in [2.05, 4.69) is 54.9 Å². The van der Waals surface area contributed by atoms with E-state index < -0.39 is 0 Å². The summed E-state index contributed by atoms with van der Waals surface area (Å²) in [6.45, 7) is 1.30. The van der Waals surface area contributed by atoms with Gasteiger partial charge < -0.3 is 4.48 Å². The molecule has 70 valence electrons. The molecule has 0 radical (unpaired) electrons. The zero-order chi connectivity index (χ0) is 9.12. The zero-order valence-electron chi connectivity index (χ0n) is 8.35. The van der Waals surface area contributed by atoms with Gasteiger partial charge in [-0.05, 0) is 39.5 Å². The minimum atomic E-state index is -0.287. The highest BCUT2D eigenvalue weighted by molar-refractivity contribution is 14.2. The van der Waals surface area contributed by atoms with E-state index in [1.165, 1.54) is 18.7 Å². The Labute approximate surface area is 85.0 Å². The second-order valence-electron chi connectivity index (χ2n) is 4.47. The van der Waals surface area contributed by atoms with E-state index >= 15 is 0 Å². The largest absolute Gasteiger partial charge is 0.331 e. The Bertz CT molecular complexity index is 98.2. The van der Waals surface area contributed by atoms with Crippen LogP contribution in [0.5, 0.6) is 0 Å². The number of hydrogen-bond donors (Lipinski definition) is 0. The summed E-state index contributed by atoms with van der Waals surface area (Å²) in [6.07, 6.45) is 6.13. The molecule has 11 heavy (non-hydrogen) atoms. The number of nitrogens with zero attached hydrogens (tertiary/aromatic N) is 1. The van der Waals surface area contributed by atoms with Gasteiger partial charge in [-0.15, -0.1) is 0 Å². The molecular formula is C8H21INS+. The van der Waals surface area contributed by atoms with E-state index in [0.717, 1.165) is 4.48 Å². The van der Waals surface area contributed by atoms with Crippen LogP contribution in [0.15, 0.2) is 0 Å². The van der Waals surface area contributed by atoms with E-state index in [1.807, 2.05) is 0 Å². The van der Waals surface area contributed by atoms with E-state index in [9.17, 15) is 0 Å². The van der Waals surface area contributed by atoms with Crippen LogP contribution in [0.2, 0.25) is 0 Å². The summed E-state index contributed by atoms with van der Waals surface area (Å²) < 4.78 is 1.10. The Kier molecular flexibility index (Phi) is 4.73. The van der Waals surface area contributed by atoms with Gasteiger partial charge in [0.25, 0.3) is 0 Å². The maximum absolute atomic E-state index is 2.60. The maximum Gasteiger partial charge on any atom is 0.0788 e. The van der Waals surface area contributed by atoms with Crippen LogP contribution in [0, 0.1) is 0 Å². The first-order valence-corrected chi connectivity index (χ1v) is 9.08. The van der Waals surface area contributed by atoms with Crippen LogP contribution in [-0.2, 0) is 0 Å². The van der Waals surface area contributed by atoms with Crippen molar-refractivity contribution in [1.29, 1.82) is 0 Å². The summed E-state index contributed by atoms with van der Waals surface area (Å²) in [5.74, 6) is 1.41. The third-order valence-corrected chi connectivity index (χ3v) is 4.04. The van der Waals surface area contributed by atoms with E-state index in [4.69, 9.17) is 0 Å². The van der Waals surface area contributed by atoms with Gasteiger partial charge >= 0.3 is 0 Å². The van der Waals surface area contributed by atoms with Crippen LogP contribution >= 0.6 is 28.4 Å². The fraction of sp³-hybridized carbons (Fsp3) is 1.00. The summed E-state index contributed by atoms with van der Waals surface area (Å²) >= 11 is 2.60. The molecule has 0 saturated heterocycles. The Morgan fingerprint density at radius 3 is 1.91 bits per heavy atom. The molecule has 0 amide bonds. The van der Waals surface area contributed by atoms with Gasteiger partial charge in [0.05, 0.1) is 27.7 Å². The minimum Gasteiger partial charge on any atom is -0.331 e. The summed E-state index contributed by atoms with van der Waals surface area (Å²) in [7, 11) is 6.49. The lowest BCUT2D eigenvalue weighted by atomic mass is 10.4. The molecule has 0 fully saturated rings. The van der Waals surface area contributed by atoms with Crippen molar-refractivity contribution in [3.63, 3.8) is 0 Å². The molecule has 0 N–H and O–H groups in total. The molecule has 0 saturated carbocycles. The third kappa shape index (κ3) is 11.0. The maximum atomic E-state index is 2.60. The molecule has 0 aliphatic carbocycles. The van der Waals surface area contributed by atoms with Gasteiger partial charge in [0.15, 0.2) is 0 Å². The first kappa shape index (κ1) is 12.0. The lowest BCUT2D eigenvalue weighted by Gasteiger charge is -2.27. The Morgan fingerprint density at radius 1 is 1.18 bits per heavy atom. The van der Waals surface area contributed by atoms with Crippen molar-refractivity contribution in [2.75, 3.05) is 46.0 Å². The predicted molar refractivity (Wildman–Crippen MR) is 65.8 cm³/mol. The normalized spacial score (nSPS) is 15.1. The average molecular weight is 290 g/mol. The van der Waals surface area contributed by atoms with Crippen molar-refractivity contribution >= 4 is 28.4 Å². The molecule has 0 aromatic heterocycles. The lowest BCUT2D eigenvalue weighted by Crippen LogP contribution is -2.35. The van der Waals surface area contributed by atoms with Crippen LogP contribution in [0.25, 0.3) is 0 Å². The lowest BCUT2D eigenvalue weighted by molar-refractivity contribution is -0.870. The Hall–Kier alpha value is 1.04. The molecule has 0 spiro atoms.